The van der Waals surface area contributed by atoms with Gasteiger partial charge in [0, 0.05) is 12.4 Å². The van der Waals surface area contributed by atoms with Gasteiger partial charge in [-0.15, -0.1) is 0 Å². The van der Waals surface area contributed by atoms with Crippen LogP contribution in [0.25, 0.3) is 11.0 Å². The molecule has 0 aliphatic carbocycles. The number of rotatable bonds is 2. The third-order valence-corrected chi connectivity index (χ3v) is 2.45. The van der Waals surface area contributed by atoms with Crippen LogP contribution in [0, 0.1) is 6.92 Å². The first kappa shape index (κ1) is 9.13. The lowest BCUT2D eigenvalue weighted by Gasteiger charge is -2.05. The number of nitrogens with zero attached hydrogens (tertiary/aromatic N) is 2. The average molecular weight is 186 g/mol. The minimum absolute atomic E-state index is 0.991. The third kappa shape index (κ3) is 1.60. The first-order valence-corrected chi connectivity index (χ1v) is 5.01. The first-order valence-electron chi connectivity index (χ1n) is 5.01. The van der Waals surface area contributed by atoms with Crippen LogP contribution in [0.4, 0.5) is 0 Å². The molecule has 0 saturated heterocycles. The molecule has 1 aromatic carbocycles. The van der Waals surface area contributed by atoms with Crippen molar-refractivity contribution in [1.29, 1.82) is 0 Å². The molecule has 0 amide bonds. The molecule has 2 heteroatoms. The van der Waals surface area contributed by atoms with Gasteiger partial charge in [-0.2, -0.15) is 0 Å². The van der Waals surface area contributed by atoms with Crippen molar-refractivity contribution in [3.63, 3.8) is 0 Å². The zero-order valence-corrected chi connectivity index (χ0v) is 8.62. The van der Waals surface area contributed by atoms with E-state index in [1.54, 1.807) is 12.4 Å². The van der Waals surface area contributed by atoms with Crippen LogP contribution in [0.3, 0.4) is 0 Å². The molecule has 2 rings (SSSR count). The standard InChI is InChI=1S/C12H14N2/c1-3-4-10-8-12-11(7-9(10)2)13-5-6-14-12/h5-8H,3-4H2,1-2H3. The summed E-state index contributed by atoms with van der Waals surface area (Å²) in [4.78, 5) is 8.58. The third-order valence-electron chi connectivity index (χ3n) is 2.45. The van der Waals surface area contributed by atoms with Gasteiger partial charge in [0.05, 0.1) is 11.0 Å². The molecule has 2 nitrogen and oxygen atoms in total. The smallest absolute Gasteiger partial charge is 0.0889 e. The fraction of sp³-hybridized carbons (Fsp3) is 0.333. The van der Waals surface area contributed by atoms with E-state index in [-0.39, 0.29) is 0 Å². The lowest BCUT2D eigenvalue weighted by molar-refractivity contribution is 0.914. The van der Waals surface area contributed by atoms with Crippen molar-refractivity contribution in [2.45, 2.75) is 26.7 Å². The molecule has 2 aromatic rings. The zero-order valence-electron chi connectivity index (χ0n) is 8.62. The van der Waals surface area contributed by atoms with Crippen molar-refractivity contribution >= 4 is 11.0 Å². The van der Waals surface area contributed by atoms with E-state index in [2.05, 4.69) is 35.9 Å². The van der Waals surface area contributed by atoms with Crippen LogP contribution in [0.2, 0.25) is 0 Å². The highest BCUT2D eigenvalue weighted by atomic mass is 14.8. The molecule has 14 heavy (non-hydrogen) atoms. The second-order valence-corrected chi connectivity index (χ2v) is 3.57. The highest BCUT2D eigenvalue weighted by Gasteiger charge is 2.01. The molecule has 0 bridgehead atoms. The molecule has 0 N–H and O–H groups in total. The number of aryl methyl sites for hydroxylation is 2. The Balaban J connectivity index is 2.59. The quantitative estimate of drug-likeness (QED) is 0.720. The van der Waals surface area contributed by atoms with E-state index in [1.165, 1.54) is 17.5 Å². The van der Waals surface area contributed by atoms with Gasteiger partial charge >= 0.3 is 0 Å². The Morgan fingerprint density at radius 3 is 2.36 bits per heavy atom. The van der Waals surface area contributed by atoms with Crippen molar-refractivity contribution < 1.29 is 0 Å². The molecular weight excluding hydrogens is 172 g/mol. The lowest BCUT2D eigenvalue weighted by Crippen LogP contribution is -1.91. The number of fused-ring (bicyclic) bond motifs is 1. The average Bonchev–Trinajstić information content (AvgIpc) is 2.19. The second-order valence-electron chi connectivity index (χ2n) is 3.57. The SMILES string of the molecule is CCCc1cc2nccnc2cc1C. The van der Waals surface area contributed by atoms with Crippen LogP contribution < -0.4 is 0 Å². The maximum atomic E-state index is 4.30. The van der Waals surface area contributed by atoms with E-state index in [0.29, 0.717) is 0 Å². The summed E-state index contributed by atoms with van der Waals surface area (Å²) < 4.78 is 0. The summed E-state index contributed by atoms with van der Waals surface area (Å²) in [5, 5.41) is 0. The number of hydrogen-bond acceptors (Lipinski definition) is 2. The summed E-state index contributed by atoms with van der Waals surface area (Å²) in [6.07, 6.45) is 5.78. The van der Waals surface area contributed by atoms with Gasteiger partial charge in [-0.1, -0.05) is 13.3 Å². The van der Waals surface area contributed by atoms with Gasteiger partial charge in [0.25, 0.3) is 0 Å². The Labute approximate surface area is 84.0 Å². The first-order chi connectivity index (χ1) is 6.81. The minimum atomic E-state index is 0.991. The molecule has 0 radical (unpaired) electrons. The lowest BCUT2D eigenvalue weighted by atomic mass is 10.0. The Morgan fingerprint density at radius 1 is 1.07 bits per heavy atom. The summed E-state index contributed by atoms with van der Waals surface area (Å²) in [5.74, 6) is 0. The van der Waals surface area contributed by atoms with E-state index in [9.17, 15) is 0 Å². The number of aromatic nitrogens is 2. The molecule has 0 saturated carbocycles. The molecule has 0 unspecified atom stereocenters. The molecular formula is C12H14N2. The van der Waals surface area contributed by atoms with Crippen LogP contribution in [-0.4, -0.2) is 9.97 Å². The Hall–Kier alpha value is -1.44. The van der Waals surface area contributed by atoms with E-state index in [1.807, 2.05) is 0 Å². The summed E-state index contributed by atoms with van der Waals surface area (Å²) in [5.41, 5.74) is 4.70. The minimum Gasteiger partial charge on any atom is -0.253 e. The van der Waals surface area contributed by atoms with Gasteiger partial charge in [-0.25, -0.2) is 0 Å². The zero-order chi connectivity index (χ0) is 9.97. The topological polar surface area (TPSA) is 25.8 Å². The van der Waals surface area contributed by atoms with Crippen LogP contribution in [0.1, 0.15) is 24.5 Å². The molecule has 0 aliphatic heterocycles. The van der Waals surface area contributed by atoms with Crippen molar-refractivity contribution in [3.05, 3.63) is 35.7 Å². The van der Waals surface area contributed by atoms with E-state index >= 15 is 0 Å². The number of benzene rings is 1. The monoisotopic (exact) mass is 186 g/mol. The van der Waals surface area contributed by atoms with E-state index in [0.717, 1.165) is 17.5 Å². The number of hydrogen-bond donors (Lipinski definition) is 0. The fourth-order valence-corrected chi connectivity index (χ4v) is 1.70. The molecule has 72 valence electrons. The predicted octanol–water partition coefficient (Wildman–Crippen LogP) is 2.89. The Morgan fingerprint density at radius 2 is 1.71 bits per heavy atom. The van der Waals surface area contributed by atoms with Gasteiger partial charge in [0.2, 0.25) is 0 Å². The second kappa shape index (κ2) is 3.74. The maximum absolute atomic E-state index is 4.30. The van der Waals surface area contributed by atoms with Gasteiger partial charge in [0.15, 0.2) is 0 Å². The Bertz CT molecular complexity index is 449. The van der Waals surface area contributed by atoms with E-state index < -0.39 is 0 Å². The highest BCUT2D eigenvalue weighted by Crippen LogP contribution is 2.17. The van der Waals surface area contributed by atoms with Crippen molar-refractivity contribution in [2.75, 3.05) is 0 Å². The normalized spacial score (nSPS) is 10.7. The van der Waals surface area contributed by atoms with Crippen LogP contribution in [-0.2, 0) is 6.42 Å². The molecule has 1 heterocycles. The van der Waals surface area contributed by atoms with Gasteiger partial charge in [-0.05, 0) is 36.6 Å². The van der Waals surface area contributed by atoms with Gasteiger partial charge in [0.1, 0.15) is 0 Å². The molecule has 0 aliphatic rings. The Kier molecular flexibility index (Phi) is 2.44. The van der Waals surface area contributed by atoms with Gasteiger partial charge in [-0.3, -0.25) is 9.97 Å². The summed E-state index contributed by atoms with van der Waals surface area (Å²) in [7, 11) is 0. The van der Waals surface area contributed by atoms with Crippen molar-refractivity contribution in [1.82, 2.24) is 9.97 Å². The summed E-state index contributed by atoms with van der Waals surface area (Å²) in [6.45, 7) is 4.33. The molecule has 0 atom stereocenters. The molecule has 0 spiro atoms. The van der Waals surface area contributed by atoms with E-state index in [4.69, 9.17) is 0 Å². The summed E-state index contributed by atoms with van der Waals surface area (Å²) in [6, 6.07) is 4.27. The van der Waals surface area contributed by atoms with Gasteiger partial charge < -0.3 is 0 Å². The predicted molar refractivity (Wildman–Crippen MR) is 58.3 cm³/mol. The van der Waals surface area contributed by atoms with Crippen LogP contribution >= 0.6 is 0 Å². The molecule has 0 fully saturated rings. The molecule has 1 aromatic heterocycles. The van der Waals surface area contributed by atoms with Crippen LogP contribution in [0.5, 0.6) is 0 Å². The van der Waals surface area contributed by atoms with Crippen molar-refractivity contribution in [3.8, 4) is 0 Å². The van der Waals surface area contributed by atoms with Crippen LogP contribution in [0.15, 0.2) is 24.5 Å². The maximum Gasteiger partial charge on any atom is 0.0889 e. The highest BCUT2D eigenvalue weighted by molar-refractivity contribution is 5.75. The van der Waals surface area contributed by atoms with Crippen molar-refractivity contribution in [2.24, 2.45) is 0 Å². The largest absolute Gasteiger partial charge is 0.253 e. The summed E-state index contributed by atoms with van der Waals surface area (Å²) >= 11 is 0. The fourth-order valence-electron chi connectivity index (χ4n) is 1.70.